The molecule has 4 heterocycles. The molecule has 5 rings (SSSR count). The molecule has 3 aromatic rings. The lowest BCUT2D eigenvalue weighted by Crippen LogP contribution is -2.27. The zero-order valence-electron chi connectivity index (χ0n) is 18.8. The Morgan fingerprint density at radius 2 is 2.06 bits per heavy atom. The second-order valence-corrected chi connectivity index (χ2v) is 8.54. The normalized spacial score (nSPS) is 16.5. The molecule has 2 N–H and O–H groups in total. The maximum absolute atomic E-state index is 14.2. The van der Waals surface area contributed by atoms with Gasteiger partial charge in [0.05, 0.1) is 17.3 Å². The van der Waals surface area contributed by atoms with Crippen molar-refractivity contribution in [1.29, 1.82) is 0 Å². The third kappa shape index (κ3) is 3.62. The second-order valence-electron chi connectivity index (χ2n) is 8.54. The number of halogens is 2. The first-order valence-corrected chi connectivity index (χ1v) is 10.9. The van der Waals surface area contributed by atoms with E-state index in [4.69, 9.17) is 0 Å². The fourth-order valence-electron chi connectivity index (χ4n) is 4.70. The van der Waals surface area contributed by atoms with Gasteiger partial charge in [0.25, 0.3) is 12.3 Å². The van der Waals surface area contributed by atoms with Gasteiger partial charge in [-0.3, -0.25) is 4.79 Å². The van der Waals surface area contributed by atoms with Gasteiger partial charge in [-0.15, -0.1) is 0 Å². The molecular formula is C24H26F2N6O. The van der Waals surface area contributed by atoms with Crippen LogP contribution in [0.25, 0.3) is 16.5 Å². The van der Waals surface area contributed by atoms with Crippen molar-refractivity contribution < 1.29 is 13.6 Å². The van der Waals surface area contributed by atoms with Gasteiger partial charge in [-0.2, -0.15) is 0 Å². The van der Waals surface area contributed by atoms with Crippen molar-refractivity contribution >= 4 is 33.9 Å². The molecule has 0 aliphatic carbocycles. The van der Waals surface area contributed by atoms with Crippen LogP contribution in [-0.4, -0.2) is 60.1 Å². The van der Waals surface area contributed by atoms with E-state index in [1.807, 2.05) is 47.3 Å². The smallest absolute Gasteiger partial charge is 0.264 e. The van der Waals surface area contributed by atoms with Crippen molar-refractivity contribution in [3.05, 3.63) is 59.0 Å². The van der Waals surface area contributed by atoms with E-state index in [0.717, 1.165) is 40.6 Å². The van der Waals surface area contributed by atoms with E-state index in [9.17, 15) is 13.6 Å². The third-order valence-electron chi connectivity index (χ3n) is 6.53. The zero-order valence-corrected chi connectivity index (χ0v) is 18.8. The summed E-state index contributed by atoms with van der Waals surface area (Å²) < 4.78 is 28.4. The lowest BCUT2D eigenvalue weighted by molar-refractivity contribution is 0.0964. The molecule has 2 aliphatic heterocycles. The fraction of sp³-hybridized carbons (Fsp3) is 0.333. The molecule has 2 aliphatic rings. The van der Waals surface area contributed by atoms with E-state index in [-0.39, 0.29) is 11.5 Å². The SMILES string of the molecule is CNC(=O)c1c[nH]c2cnc(N3CCCc4cc(C5=CN(C)N(C)C5)c(C(F)F)cc43)cc12. The fourth-order valence-corrected chi connectivity index (χ4v) is 4.70. The van der Waals surface area contributed by atoms with Gasteiger partial charge in [0.2, 0.25) is 0 Å². The number of carbonyl (C=O) groups is 1. The molecule has 0 radical (unpaired) electrons. The number of hydrogen-bond donors (Lipinski definition) is 2. The molecule has 0 spiro atoms. The highest BCUT2D eigenvalue weighted by Gasteiger charge is 2.28. The highest BCUT2D eigenvalue weighted by atomic mass is 19.3. The number of nitrogens with zero attached hydrogens (tertiary/aromatic N) is 4. The minimum absolute atomic E-state index is 0.0318. The Balaban J connectivity index is 1.60. The number of carbonyl (C=O) groups excluding carboxylic acids is 1. The zero-order chi connectivity index (χ0) is 23.3. The maximum Gasteiger partial charge on any atom is 0.264 e. The number of alkyl halides is 2. The number of benzene rings is 1. The summed E-state index contributed by atoms with van der Waals surface area (Å²) >= 11 is 0. The van der Waals surface area contributed by atoms with E-state index in [1.54, 1.807) is 25.5 Å². The van der Waals surface area contributed by atoms with Crippen molar-refractivity contribution in [3.8, 4) is 0 Å². The van der Waals surface area contributed by atoms with E-state index < -0.39 is 6.43 Å². The standard InChI is InChI=1S/C24H26F2N6O/c1-27-24(33)19-10-28-20-11-29-22(9-17(19)20)32-6-4-5-14-7-16(15-12-30(2)31(3)13-15)18(23(25)26)8-21(14)32/h7-12,23,28H,4-6,13H2,1-3H3,(H,27,33). The molecule has 7 nitrogen and oxygen atoms in total. The predicted molar refractivity (Wildman–Crippen MR) is 125 cm³/mol. The lowest BCUT2D eigenvalue weighted by atomic mass is 9.92. The number of likely N-dealkylation sites (N-methyl/N-ethyl adjacent to an activating group) is 1. The van der Waals surface area contributed by atoms with Gasteiger partial charge in [-0.05, 0) is 47.7 Å². The Kier molecular flexibility index (Phi) is 5.28. The summed E-state index contributed by atoms with van der Waals surface area (Å²) in [6.45, 7) is 1.26. The van der Waals surface area contributed by atoms with E-state index in [1.165, 1.54) is 0 Å². The summed E-state index contributed by atoms with van der Waals surface area (Å²) in [5.41, 5.74) is 4.59. The number of anilines is 2. The highest BCUT2D eigenvalue weighted by Crippen LogP contribution is 2.41. The monoisotopic (exact) mass is 452 g/mol. The first kappa shape index (κ1) is 21.4. The van der Waals surface area contributed by atoms with E-state index >= 15 is 0 Å². The van der Waals surface area contributed by atoms with Crippen LogP contribution in [0.5, 0.6) is 0 Å². The molecule has 0 bridgehead atoms. The van der Waals surface area contributed by atoms with Crippen LogP contribution in [0.15, 0.2) is 36.8 Å². The van der Waals surface area contributed by atoms with Crippen LogP contribution in [-0.2, 0) is 6.42 Å². The molecule has 33 heavy (non-hydrogen) atoms. The number of H-pyrrole nitrogens is 1. The van der Waals surface area contributed by atoms with Crippen molar-refractivity contribution in [2.45, 2.75) is 19.3 Å². The molecule has 1 amide bonds. The van der Waals surface area contributed by atoms with Gasteiger partial charge in [-0.25, -0.2) is 18.8 Å². The van der Waals surface area contributed by atoms with Gasteiger partial charge in [0, 0.05) is 63.3 Å². The largest absolute Gasteiger partial charge is 0.359 e. The topological polar surface area (TPSA) is 67.5 Å². The minimum Gasteiger partial charge on any atom is -0.359 e. The second kappa shape index (κ2) is 8.15. The van der Waals surface area contributed by atoms with Gasteiger partial charge in [0.15, 0.2) is 0 Å². The quantitative estimate of drug-likeness (QED) is 0.625. The summed E-state index contributed by atoms with van der Waals surface area (Å²) in [7, 11) is 5.43. The van der Waals surface area contributed by atoms with Gasteiger partial charge in [0.1, 0.15) is 5.82 Å². The Labute approximate surface area is 190 Å². The molecular weight excluding hydrogens is 426 g/mol. The number of hydrogen-bond acceptors (Lipinski definition) is 5. The average molecular weight is 453 g/mol. The number of pyridine rings is 1. The highest BCUT2D eigenvalue weighted by molar-refractivity contribution is 6.07. The van der Waals surface area contributed by atoms with Crippen LogP contribution in [0.2, 0.25) is 0 Å². The number of aromatic nitrogens is 2. The summed E-state index contributed by atoms with van der Waals surface area (Å²) in [4.78, 5) is 21.9. The van der Waals surface area contributed by atoms with Gasteiger partial charge in [-0.1, -0.05) is 0 Å². The molecule has 0 atom stereocenters. The summed E-state index contributed by atoms with van der Waals surface area (Å²) in [6, 6.07) is 5.40. The summed E-state index contributed by atoms with van der Waals surface area (Å²) in [5, 5.41) is 7.29. The van der Waals surface area contributed by atoms with Gasteiger partial charge >= 0.3 is 0 Å². The molecule has 0 unspecified atom stereocenters. The Bertz CT molecular complexity index is 1270. The van der Waals surface area contributed by atoms with Crippen LogP contribution in [0.4, 0.5) is 20.3 Å². The maximum atomic E-state index is 14.2. The molecule has 1 aromatic carbocycles. The number of amides is 1. The Morgan fingerprint density at radius 3 is 2.76 bits per heavy atom. The van der Waals surface area contributed by atoms with E-state index in [2.05, 4.69) is 15.3 Å². The Hall–Kier alpha value is -3.46. The molecule has 9 heteroatoms. The number of nitrogens with one attached hydrogen (secondary N) is 2. The lowest BCUT2D eigenvalue weighted by Gasteiger charge is -2.32. The van der Waals surface area contributed by atoms with Gasteiger partial charge < -0.3 is 20.2 Å². The summed E-state index contributed by atoms with van der Waals surface area (Å²) in [5.74, 6) is 0.447. The Morgan fingerprint density at radius 1 is 1.24 bits per heavy atom. The molecule has 0 saturated carbocycles. The van der Waals surface area contributed by atoms with Crippen LogP contribution < -0.4 is 10.2 Å². The van der Waals surface area contributed by atoms with E-state index in [0.29, 0.717) is 30.0 Å². The first-order chi connectivity index (χ1) is 15.9. The average Bonchev–Trinajstić information content (AvgIpc) is 3.39. The number of fused-ring (bicyclic) bond motifs is 2. The number of hydrazine groups is 1. The third-order valence-corrected chi connectivity index (χ3v) is 6.53. The van der Waals surface area contributed by atoms with Crippen molar-refractivity contribution in [3.63, 3.8) is 0 Å². The summed E-state index contributed by atoms with van der Waals surface area (Å²) in [6.07, 6.45) is 4.36. The number of aromatic amines is 1. The first-order valence-electron chi connectivity index (χ1n) is 10.9. The van der Waals surface area contributed by atoms with Crippen LogP contribution in [0, 0.1) is 0 Å². The minimum atomic E-state index is -2.59. The van der Waals surface area contributed by atoms with Crippen molar-refractivity contribution in [2.75, 3.05) is 39.1 Å². The molecule has 0 saturated heterocycles. The van der Waals surface area contributed by atoms with Crippen molar-refractivity contribution in [1.82, 2.24) is 25.3 Å². The van der Waals surface area contributed by atoms with Crippen molar-refractivity contribution in [2.24, 2.45) is 0 Å². The predicted octanol–water partition coefficient (Wildman–Crippen LogP) is 4.08. The molecule has 2 aromatic heterocycles. The van der Waals surface area contributed by atoms with Crippen LogP contribution in [0.1, 0.15) is 39.9 Å². The molecule has 0 fully saturated rings. The number of rotatable bonds is 4. The van der Waals surface area contributed by atoms with Crippen LogP contribution >= 0.6 is 0 Å². The van der Waals surface area contributed by atoms with Crippen LogP contribution in [0.3, 0.4) is 0 Å². The molecule has 172 valence electrons. The number of aryl methyl sites for hydroxylation is 1.